The van der Waals surface area contributed by atoms with Gasteiger partial charge in [0.1, 0.15) is 24.7 Å². The van der Waals surface area contributed by atoms with Gasteiger partial charge >= 0.3 is 5.97 Å². The van der Waals surface area contributed by atoms with Gasteiger partial charge in [0.05, 0.1) is 19.6 Å². The average Bonchev–Trinajstić information content (AvgIpc) is 2.56. The number of carbonyl (C=O) groups excluding carboxylic acids is 1. The molecule has 0 saturated heterocycles. The fourth-order valence-corrected chi connectivity index (χ4v) is 2.55. The highest BCUT2D eigenvalue weighted by Gasteiger charge is 2.30. The standard InChI is InChI=1S/C16H21NO6/c1-21-6-5-17(9-15(18)19)16(20)12-7-11-8-13(22-2)3-4-14(11)23-10-12/h3-4,8,12H,5-7,9-10H2,1-2H3,(H,18,19). The van der Waals surface area contributed by atoms with Gasteiger partial charge in [-0.25, -0.2) is 0 Å². The highest BCUT2D eigenvalue weighted by Crippen LogP contribution is 2.31. The number of rotatable bonds is 7. The molecule has 126 valence electrons. The van der Waals surface area contributed by atoms with E-state index in [1.165, 1.54) is 12.0 Å². The molecule has 2 rings (SSSR count). The molecule has 1 aromatic rings. The highest BCUT2D eigenvalue weighted by molar-refractivity contribution is 5.83. The van der Waals surface area contributed by atoms with Crippen molar-refractivity contribution >= 4 is 11.9 Å². The molecule has 1 N–H and O–H groups in total. The maximum atomic E-state index is 12.6. The molecule has 0 saturated carbocycles. The SMILES string of the molecule is COCCN(CC(=O)O)C(=O)C1COc2ccc(OC)cc2C1. The Morgan fingerprint density at radius 1 is 1.39 bits per heavy atom. The smallest absolute Gasteiger partial charge is 0.323 e. The highest BCUT2D eigenvalue weighted by atomic mass is 16.5. The molecule has 0 spiro atoms. The Bertz CT molecular complexity index is 574. The summed E-state index contributed by atoms with van der Waals surface area (Å²) in [7, 11) is 3.09. The predicted molar refractivity (Wildman–Crippen MR) is 81.8 cm³/mol. The van der Waals surface area contributed by atoms with E-state index < -0.39 is 11.9 Å². The van der Waals surface area contributed by atoms with Gasteiger partial charge in [0.25, 0.3) is 0 Å². The van der Waals surface area contributed by atoms with E-state index in [-0.39, 0.29) is 32.2 Å². The first-order valence-electron chi connectivity index (χ1n) is 7.34. The number of carboxylic acid groups (broad SMARTS) is 1. The lowest BCUT2D eigenvalue weighted by atomic mass is 9.95. The second-order valence-corrected chi connectivity index (χ2v) is 5.33. The summed E-state index contributed by atoms with van der Waals surface area (Å²) in [5, 5.41) is 8.97. The molecule has 1 aromatic carbocycles. The van der Waals surface area contributed by atoms with E-state index in [0.717, 1.165) is 11.3 Å². The molecule has 7 heteroatoms. The monoisotopic (exact) mass is 323 g/mol. The van der Waals surface area contributed by atoms with Crippen LogP contribution in [0.4, 0.5) is 0 Å². The van der Waals surface area contributed by atoms with E-state index in [4.69, 9.17) is 19.3 Å². The van der Waals surface area contributed by atoms with Crippen molar-refractivity contribution in [2.24, 2.45) is 5.92 Å². The summed E-state index contributed by atoms with van der Waals surface area (Å²) in [6.07, 6.45) is 0.495. The lowest BCUT2D eigenvalue weighted by Gasteiger charge is -2.29. The van der Waals surface area contributed by atoms with Crippen LogP contribution in [-0.4, -0.2) is 62.4 Å². The van der Waals surface area contributed by atoms with Crippen molar-refractivity contribution < 1.29 is 28.9 Å². The number of fused-ring (bicyclic) bond motifs is 1. The van der Waals surface area contributed by atoms with Crippen LogP contribution in [0.3, 0.4) is 0 Å². The summed E-state index contributed by atoms with van der Waals surface area (Å²) < 4.78 is 15.8. The number of nitrogens with zero attached hydrogens (tertiary/aromatic N) is 1. The van der Waals surface area contributed by atoms with Crippen molar-refractivity contribution in [1.82, 2.24) is 4.90 Å². The van der Waals surface area contributed by atoms with E-state index in [2.05, 4.69) is 0 Å². The summed E-state index contributed by atoms with van der Waals surface area (Å²) >= 11 is 0. The molecule has 1 aliphatic rings. The van der Waals surface area contributed by atoms with Crippen molar-refractivity contribution in [1.29, 1.82) is 0 Å². The molecule has 0 aliphatic carbocycles. The van der Waals surface area contributed by atoms with Gasteiger partial charge in [-0.05, 0) is 30.2 Å². The van der Waals surface area contributed by atoms with Crippen LogP contribution < -0.4 is 9.47 Å². The lowest BCUT2D eigenvalue weighted by molar-refractivity contribution is -0.147. The predicted octanol–water partition coefficient (Wildman–Crippen LogP) is 0.806. The number of carbonyl (C=O) groups is 2. The van der Waals surface area contributed by atoms with Crippen molar-refractivity contribution in [3.63, 3.8) is 0 Å². The van der Waals surface area contributed by atoms with Gasteiger partial charge in [0.15, 0.2) is 0 Å². The van der Waals surface area contributed by atoms with Crippen LogP contribution >= 0.6 is 0 Å². The van der Waals surface area contributed by atoms with Crippen LogP contribution in [-0.2, 0) is 20.7 Å². The van der Waals surface area contributed by atoms with Crippen molar-refractivity contribution in [2.45, 2.75) is 6.42 Å². The fourth-order valence-electron chi connectivity index (χ4n) is 2.55. The number of hydrogen-bond donors (Lipinski definition) is 1. The molecule has 1 atom stereocenters. The zero-order valence-electron chi connectivity index (χ0n) is 13.3. The van der Waals surface area contributed by atoms with Crippen molar-refractivity contribution in [3.05, 3.63) is 23.8 Å². The molecule has 0 radical (unpaired) electrons. The van der Waals surface area contributed by atoms with E-state index in [1.807, 2.05) is 12.1 Å². The van der Waals surface area contributed by atoms with Crippen LogP contribution in [0.25, 0.3) is 0 Å². The summed E-state index contributed by atoms with van der Waals surface area (Å²) in [6.45, 7) is 0.422. The van der Waals surface area contributed by atoms with Crippen molar-refractivity contribution in [2.75, 3.05) is 40.5 Å². The molecule has 1 unspecified atom stereocenters. The topological polar surface area (TPSA) is 85.3 Å². The number of methoxy groups -OCH3 is 2. The summed E-state index contributed by atoms with van der Waals surface area (Å²) in [6, 6.07) is 5.45. The van der Waals surface area contributed by atoms with Crippen LogP contribution in [0.15, 0.2) is 18.2 Å². The lowest BCUT2D eigenvalue weighted by Crippen LogP contribution is -2.44. The number of hydrogen-bond acceptors (Lipinski definition) is 5. The first kappa shape index (κ1) is 17.1. The Kier molecular flexibility index (Phi) is 5.81. The molecule has 23 heavy (non-hydrogen) atoms. The second-order valence-electron chi connectivity index (χ2n) is 5.33. The first-order chi connectivity index (χ1) is 11.0. The molecular weight excluding hydrogens is 302 g/mol. The van der Waals surface area contributed by atoms with Gasteiger partial charge in [-0.3, -0.25) is 9.59 Å². The van der Waals surface area contributed by atoms with Crippen LogP contribution in [0, 0.1) is 5.92 Å². The number of benzene rings is 1. The molecule has 7 nitrogen and oxygen atoms in total. The Hall–Kier alpha value is -2.28. The third kappa shape index (κ3) is 4.35. The largest absolute Gasteiger partial charge is 0.497 e. The van der Waals surface area contributed by atoms with Crippen LogP contribution in [0.5, 0.6) is 11.5 Å². The van der Waals surface area contributed by atoms with Gasteiger partial charge in [-0.15, -0.1) is 0 Å². The van der Waals surface area contributed by atoms with E-state index >= 15 is 0 Å². The zero-order chi connectivity index (χ0) is 16.8. The molecule has 0 fully saturated rings. The molecule has 1 amide bonds. The normalized spacial score (nSPS) is 16.2. The number of ether oxygens (including phenoxy) is 3. The Morgan fingerprint density at radius 3 is 2.83 bits per heavy atom. The molecular formula is C16H21NO6. The maximum absolute atomic E-state index is 12.6. The quantitative estimate of drug-likeness (QED) is 0.799. The third-order valence-electron chi connectivity index (χ3n) is 3.73. The molecule has 0 aromatic heterocycles. The maximum Gasteiger partial charge on any atom is 0.323 e. The van der Waals surface area contributed by atoms with Gasteiger partial charge in [-0.2, -0.15) is 0 Å². The molecule has 1 heterocycles. The van der Waals surface area contributed by atoms with Gasteiger partial charge in [-0.1, -0.05) is 0 Å². The average molecular weight is 323 g/mol. The van der Waals surface area contributed by atoms with Gasteiger partial charge in [0.2, 0.25) is 5.91 Å². The van der Waals surface area contributed by atoms with E-state index in [1.54, 1.807) is 13.2 Å². The molecule has 0 bridgehead atoms. The van der Waals surface area contributed by atoms with Gasteiger partial charge in [0, 0.05) is 13.7 Å². The van der Waals surface area contributed by atoms with Gasteiger partial charge < -0.3 is 24.2 Å². The minimum absolute atomic E-state index is 0.237. The van der Waals surface area contributed by atoms with E-state index in [9.17, 15) is 9.59 Å². The van der Waals surface area contributed by atoms with E-state index in [0.29, 0.717) is 12.2 Å². The summed E-state index contributed by atoms with van der Waals surface area (Å²) in [5.74, 6) is -0.268. The minimum Gasteiger partial charge on any atom is -0.497 e. The number of carboxylic acids is 1. The van der Waals surface area contributed by atoms with Crippen LogP contribution in [0.1, 0.15) is 5.56 Å². The molecule has 1 aliphatic heterocycles. The number of amides is 1. The minimum atomic E-state index is -1.05. The number of aliphatic carboxylic acids is 1. The third-order valence-corrected chi connectivity index (χ3v) is 3.73. The first-order valence-corrected chi connectivity index (χ1v) is 7.34. The zero-order valence-corrected chi connectivity index (χ0v) is 13.3. The Morgan fingerprint density at radius 2 is 2.17 bits per heavy atom. The second kappa shape index (κ2) is 7.82. The summed E-state index contributed by atoms with van der Waals surface area (Å²) in [5.41, 5.74) is 0.885. The Labute approximate surface area is 134 Å². The Balaban J connectivity index is 2.10. The summed E-state index contributed by atoms with van der Waals surface area (Å²) in [4.78, 5) is 24.9. The van der Waals surface area contributed by atoms with Crippen molar-refractivity contribution in [3.8, 4) is 11.5 Å². The fraction of sp³-hybridized carbons (Fsp3) is 0.500. The van der Waals surface area contributed by atoms with Crippen LogP contribution in [0.2, 0.25) is 0 Å².